The maximum Gasteiger partial charge on any atom is 0.267 e. The van der Waals surface area contributed by atoms with E-state index in [0.29, 0.717) is 12.2 Å². The van der Waals surface area contributed by atoms with Crippen molar-refractivity contribution in [2.75, 3.05) is 45.9 Å². The van der Waals surface area contributed by atoms with Gasteiger partial charge in [0.15, 0.2) is 0 Å². The molecule has 0 saturated carbocycles. The highest BCUT2D eigenvalue weighted by Gasteiger charge is 2.18. The monoisotopic (exact) mass is 426 g/mol. The molecule has 1 aliphatic heterocycles. The second-order valence-electron chi connectivity index (χ2n) is 7.98. The molecule has 0 atom stereocenters. The minimum Gasteiger partial charge on any atom is -0.379 e. The maximum atomic E-state index is 13.1. The first-order chi connectivity index (χ1) is 15.2. The molecule has 7 heteroatoms. The van der Waals surface area contributed by atoms with Crippen molar-refractivity contribution >= 4 is 5.91 Å². The van der Waals surface area contributed by atoms with Crippen molar-refractivity contribution < 1.29 is 9.53 Å². The summed E-state index contributed by atoms with van der Waals surface area (Å²) in [5, 5.41) is 4.45. The third-order valence-corrected chi connectivity index (χ3v) is 5.65. The molecule has 0 aliphatic carbocycles. The lowest BCUT2D eigenvalue weighted by molar-refractivity contribution is -0.132. The summed E-state index contributed by atoms with van der Waals surface area (Å²) in [5.74, 6) is -0.0513. The number of amides is 1. The number of nitrogens with zero attached hydrogens (tertiary/aromatic N) is 4. The van der Waals surface area contributed by atoms with E-state index in [0.717, 1.165) is 64.2 Å². The Kier molecular flexibility index (Phi) is 9.24. The molecular formula is C24H34N4O3. The maximum absolute atomic E-state index is 13.1. The van der Waals surface area contributed by atoms with Crippen molar-refractivity contribution in [3.63, 3.8) is 0 Å². The van der Waals surface area contributed by atoms with E-state index in [1.54, 1.807) is 6.07 Å². The topological polar surface area (TPSA) is 67.7 Å². The van der Waals surface area contributed by atoms with Gasteiger partial charge in [-0.2, -0.15) is 5.10 Å². The Morgan fingerprint density at radius 2 is 1.81 bits per heavy atom. The van der Waals surface area contributed by atoms with Crippen LogP contribution in [0.5, 0.6) is 0 Å². The summed E-state index contributed by atoms with van der Waals surface area (Å²) in [6.45, 7) is 7.65. The van der Waals surface area contributed by atoms with Crippen LogP contribution in [-0.4, -0.2) is 71.4 Å². The Morgan fingerprint density at radius 3 is 2.55 bits per heavy atom. The van der Waals surface area contributed by atoms with Gasteiger partial charge in [0.1, 0.15) is 6.54 Å². The van der Waals surface area contributed by atoms with E-state index in [2.05, 4.69) is 16.9 Å². The zero-order valence-corrected chi connectivity index (χ0v) is 18.5. The van der Waals surface area contributed by atoms with Gasteiger partial charge in [-0.25, -0.2) is 4.68 Å². The average molecular weight is 427 g/mol. The Balaban J connectivity index is 1.67. The number of hydrogen-bond donors (Lipinski definition) is 0. The normalized spacial score (nSPS) is 14.5. The number of ether oxygens (including phenoxy) is 1. The molecular weight excluding hydrogens is 392 g/mol. The molecule has 1 fully saturated rings. The number of aromatic nitrogens is 2. The molecule has 168 valence electrons. The van der Waals surface area contributed by atoms with Crippen molar-refractivity contribution in [2.45, 2.75) is 39.2 Å². The first-order valence-electron chi connectivity index (χ1n) is 11.4. The number of benzene rings is 1. The van der Waals surface area contributed by atoms with E-state index < -0.39 is 0 Å². The van der Waals surface area contributed by atoms with E-state index in [-0.39, 0.29) is 18.0 Å². The van der Waals surface area contributed by atoms with Crippen LogP contribution in [0.15, 0.2) is 47.3 Å². The summed E-state index contributed by atoms with van der Waals surface area (Å²) in [6, 6.07) is 12.9. The Bertz CT molecular complexity index is 863. The molecule has 0 bridgehead atoms. The zero-order valence-electron chi connectivity index (χ0n) is 18.5. The Labute approximate surface area is 184 Å². The van der Waals surface area contributed by atoms with Crippen molar-refractivity contribution in [1.29, 1.82) is 0 Å². The van der Waals surface area contributed by atoms with Gasteiger partial charge in [-0.3, -0.25) is 14.5 Å². The van der Waals surface area contributed by atoms with Gasteiger partial charge in [0.05, 0.1) is 18.9 Å². The Morgan fingerprint density at radius 1 is 1.03 bits per heavy atom. The number of morpholine rings is 1. The molecule has 2 aromatic rings. The van der Waals surface area contributed by atoms with Crippen molar-refractivity contribution in [2.24, 2.45) is 0 Å². The third-order valence-electron chi connectivity index (χ3n) is 5.65. The van der Waals surface area contributed by atoms with E-state index in [4.69, 9.17) is 4.74 Å². The molecule has 0 unspecified atom stereocenters. The van der Waals surface area contributed by atoms with Gasteiger partial charge in [0.25, 0.3) is 5.56 Å². The number of carbonyl (C=O) groups excluding carboxylic acids is 1. The predicted molar refractivity (Wildman–Crippen MR) is 122 cm³/mol. The first-order valence-corrected chi connectivity index (χ1v) is 11.4. The fourth-order valence-corrected chi connectivity index (χ4v) is 3.73. The van der Waals surface area contributed by atoms with Gasteiger partial charge in [0.2, 0.25) is 5.91 Å². The quantitative estimate of drug-likeness (QED) is 0.517. The van der Waals surface area contributed by atoms with Crippen molar-refractivity contribution in [3.8, 4) is 11.3 Å². The van der Waals surface area contributed by atoms with Gasteiger partial charge in [-0.05, 0) is 12.5 Å². The van der Waals surface area contributed by atoms with E-state index in [1.165, 1.54) is 17.2 Å². The van der Waals surface area contributed by atoms with Gasteiger partial charge in [0, 0.05) is 44.4 Å². The van der Waals surface area contributed by atoms with Crippen LogP contribution >= 0.6 is 0 Å². The number of hydrogen-bond acceptors (Lipinski definition) is 5. The SMILES string of the molecule is CCCCCCN(CCN1CCOCC1)C(=O)Cn1nc(-c2ccccc2)ccc1=O. The highest BCUT2D eigenvalue weighted by molar-refractivity contribution is 5.76. The Hall–Kier alpha value is -2.51. The summed E-state index contributed by atoms with van der Waals surface area (Å²) in [5.41, 5.74) is 1.36. The van der Waals surface area contributed by atoms with Crippen molar-refractivity contribution in [1.82, 2.24) is 19.6 Å². The largest absolute Gasteiger partial charge is 0.379 e. The molecule has 31 heavy (non-hydrogen) atoms. The van der Waals surface area contributed by atoms with Crippen molar-refractivity contribution in [3.05, 3.63) is 52.8 Å². The molecule has 1 aromatic heterocycles. The van der Waals surface area contributed by atoms with Gasteiger partial charge in [-0.1, -0.05) is 56.5 Å². The second kappa shape index (κ2) is 12.4. The van der Waals surface area contributed by atoms with Gasteiger partial charge >= 0.3 is 0 Å². The number of carbonyl (C=O) groups is 1. The summed E-state index contributed by atoms with van der Waals surface area (Å²) in [6.07, 6.45) is 4.42. The number of unbranched alkanes of at least 4 members (excludes halogenated alkanes) is 3. The molecule has 7 nitrogen and oxygen atoms in total. The van der Waals surface area contributed by atoms with Crippen LogP contribution in [0.2, 0.25) is 0 Å². The summed E-state index contributed by atoms with van der Waals surface area (Å²) in [7, 11) is 0. The summed E-state index contributed by atoms with van der Waals surface area (Å²) >= 11 is 0. The van der Waals surface area contributed by atoms with Gasteiger partial charge in [-0.15, -0.1) is 0 Å². The lowest BCUT2D eigenvalue weighted by Crippen LogP contribution is -2.45. The lowest BCUT2D eigenvalue weighted by Gasteiger charge is -2.30. The standard InChI is InChI=1S/C24H34N4O3/c1-2-3-4-8-13-27(15-14-26-16-18-31-19-17-26)24(30)20-28-23(29)12-11-22(25-28)21-9-6-5-7-10-21/h5-7,9-12H,2-4,8,13-20H2,1H3. The molecule has 3 rings (SSSR count). The molecule has 1 saturated heterocycles. The third kappa shape index (κ3) is 7.29. The van der Waals surface area contributed by atoms with Crippen LogP contribution < -0.4 is 5.56 Å². The van der Waals surface area contributed by atoms with Crippen LogP contribution in [0, 0.1) is 0 Å². The number of rotatable bonds is 11. The predicted octanol–water partition coefficient (Wildman–Crippen LogP) is 2.65. The van der Waals surface area contributed by atoms with E-state index in [9.17, 15) is 9.59 Å². The molecule has 1 aromatic carbocycles. The second-order valence-corrected chi connectivity index (χ2v) is 7.98. The fourth-order valence-electron chi connectivity index (χ4n) is 3.73. The minimum atomic E-state index is -0.257. The van der Waals surface area contributed by atoms with Crippen LogP contribution in [0.4, 0.5) is 0 Å². The van der Waals surface area contributed by atoms with Crippen LogP contribution in [0.3, 0.4) is 0 Å². The first kappa shape index (κ1) is 23.2. The van der Waals surface area contributed by atoms with E-state index >= 15 is 0 Å². The highest BCUT2D eigenvalue weighted by Crippen LogP contribution is 2.14. The van der Waals surface area contributed by atoms with Crippen LogP contribution in [0.25, 0.3) is 11.3 Å². The zero-order chi connectivity index (χ0) is 21.9. The summed E-state index contributed by atoms with van der Waals surface area (Å²) < 4.78 is 6.71. The highest BCUT2D eigenvalue weighted by atomic mass is 16.5. The van der Waals surface area contributed by atoms with Crippen LogP contribution in [0.1, 0.15) is 32.6 Å². The van der Waals surface area contributed by atoms with E-state index in [1.807, 2.05) is 35.2 Å². The van der Waals surface area contributed by atoms with Gasteiger partial charge < -0.3 is 9.64 Å². The molecule has 0 N–H and O–H groups in total. The smallest absolute Gasteiger partial charge is 0.267 e. The minimum absolute atomic E-state index is 0.0314. The lowest BCUT2D eigenvalue weighted by atomic mass is 10.1. The fraction of sp³-hybridized carbons (Fsp3) is 0.542. The molecule has 1 aliphatic rings. The molecule has 0 radical (unpaired) electrons. The molecule has 0 spiro atoms. The van der Waals surface area contributed by atoms with Crippen LogP contribution in [-0.2, 0) is 16.1 Å². The molecule has 2 heterocycles. The average Bonchev–Trinajstić information content (AvgIpc) is 2.81. The molecule has 1 amide bonds. The summed E-state index contributed by atoms with van der Waals surface area (Å²) in [4.78, 5) is 29.7.